The molecule has 10 rings (SSSR count). The van der Waals surface area contributed by atoms with Crippen LogP contribution in [0.5, 0.6) is 0 Å². The van der Waals surface area contributed by atoms with Gasteiger partial charge in [0.05, 0.1) is 0 Å². The first-order valence-corrected chi connectivity index (χ1v) is 27.9. The van der Waals surface area contributed by atoms with Gasteiger partial charge in [0.25, 0.3) is 0 Å². The summed E-state index contributed by atoms with van der Waals surface area (Å²) < 4.78 is 0. The van der Waals surface area contributed by atoms with E-state index in [1.807, 2.05) is 113 Å². The number of piperidine rings is 1. The number of hydrogen-bond acceptors (Lipinski definition) is 4. The van der Waals surface area contributed by atoms with Crippen LogP contribution < -0.4 is 0 Å². The summed E-state index contributed by atoms with van der Waals surface area (Å²) in [7, 11) is 6.54. The number of piperazine rings is 1. The number of nitrogens with zero attached hydrogens (tertiary/aromatic N) is 4. The fourth-order valence-electron chi connectivity index (χ4n) is 6.73. The van der Waals surface area contributed by atoms with E-state index in [1.165, 1.54) is 172 Å². The number of allylic oxidation sites excluding steroid dienone is 1. The van der Waals surface area contributed by atoms with Gasteiger partial charge >= 0.3 is 0 Å². The Kier molecular flexibility index (Phi) is 87.9. The molecule has 4 saturated carbocycles. The monoisotopic (exact) mass is 1050 g/mol. The molecule has 75 heavy (non-hydrogen) atoms. The lowest BCUT2D eigenvalue weighted by Gasteiger charge is -2.28. The highest BCUT2D eigenvalue weighted by Crippen LogP contribution is 2.31. The van der Waals surface area contributed by atoms with E-state index >= 15 is 0 Å². The summed E-state index contributed by atoms with van der Waals surface area (Å²) in [4.78, 5) is 10.9. The van der Waals surface area contributed by atoms with Gasteiger partial charge in [-0.3, -0.25) is 4.98 Å². The average Bonchev–Trinajstić information content (AvgIpc) is 4.36. The second-order valence-corrected chi connectivity index (χ2v) is 18.6. The summed E-state index contributed by atoms with van der Waals surface area (Å²) in [6.45, 7) is 28.1. The van der Waals surface area contributed by atoms with Gasteiger partial charge in [-0.1, -0.05) is 325 Å². The molecule has 2 saturated heterocycles. The van der Waals surface area contributed by atoms with E-state index in [1.54, 1.807) is 12.4 Å². The number of pyridine rings is 1. The first-order valence-electron chi connectivity index (χ1n) is 27.9. The maximum atomic E-state index is 3.83. The molecule has 4 aliphatic carbocycles. The molecule has 442 valence electrons. The summed E-state index contributed by atoms with van der Waals surface area (Å²) in [6, 6.07) is 38.3. The Balaban J connectivity index is -0.0000000910. The molecule has 4 nitrogen and oxygen atoms in total. The second-order valence-electron chi connectivity index (χ2n) is 18.6. The van der Waals surface area contributed by atoms with Gasteiger partial charge in [0.1, 0.15) is 0 Å². The lowest BCUT2D eigenvalue weighted by molar-refractivity contribution is 0.181. The van der Waals surface area contributed by atoms with Crippen LogP contribution in [0.3, 0.4) is 0 Å². The first-order chi connectivity index (χ1) is 33.2. The predicted octanol–water partition coefficient (Wildman–Crippen LogP) is 22.7. The van der Waals surface area contributed by atoms with Gasteiger partial charge in [-0.15, -0.1) is 0 Å². The van der Waals surface area contributed by atoms with Crippen LogP contribution in [-0.4, -0.2) is 80.1 Å². The van der Waals surface area contributed by atoms with Crippen molar-refractivity contribution in [3.63, 3.8) is 0 Å². The van der Waals surface area contributed by atoms with Crippen LogP contribution in [-0.2, 0) is 6.42 Å². The van der Waals surface area contributed by atoms with Crippen LogP contribution in [0, 0.1) is 11.8 Å². The van der Waals surface area contributed by atoms with Crippen LogP contribution >= 0.6 is 0 Å². The molecule has 6 aliphatic rings. The quantitative estimate of drug-likeness (QED) is 0.204. The highest BCUT2D eigenvalue weighted by molar-refractivity contribution is 5.60. The van der Waals surface area contributed by atoms with Gasteiger partial charge in [0.2, 0.25) is 0 Å². The number of likely N-dealkylation sites (tertiary alicyclic amines) is 1. The van der Waals surface area contributed by atoms with Crippen LogP contribution in [0.2, 0.25) is 0 Å². The molecule has 2 aliphatic heterocycles. The van der Waals surface area contributed by atoms with Crippen LogP contribution in [0.1, 0.15) is 240 Å². The van der Waals surface area contributed by atoms with E-state index in [0.29, 0.717) is 0 Å². The molecule has 3 heterocycles. The largest absolute Gasteiger partial charge is 0.306 e. The average molecular weight is 1050 g/mol. The van der Waals surface area contributed by atoms with Crippen molar-refractivity contribution in [3.05, 3.63) is 145 Å². The Morgan fingerprint density at radius 1 is 0.427 bits per heavy atom. The number of aryl methyl sites for hydroxylation is 1. The molecule has 1 aromatic heterocycles. The SMILES string of the molecule is C.C.C.C.C.C.C.C1CCCC1.C1CCCCC1.C=C(C)c1ccccc1.CC.CC.CC1CC1.CCC1CC1.CCc1ccccc1.CN1CCCCC1.CN1CCN(C)CC1.c1ccccc1.c1ccncc1. The molecule has 0 unspecified atom stereocenters. The summed E-state index contributed by atoms with van der Waals surface area (Å²) in [5.74, 6) is 2.22. The van der Waals surface area contributed by atoms with Crippen molar-refractivity contribution < 1.29 is 0 Å². The minimum absolute atomic E-state index is 0. The van der Waals surface area contributed by atoms with Gasteiger partial charge in [0.15, 0.2) is 0 Å². The highest BCUT2D eigenvalue weighted by atomic mass is 15.2. The maximum absolute atomic E-state index is 3.83. The van der Waals surface area contributed by atoms with Crippen molar-refractivity contribution in [2.75, 3.05) is 60.4 Å². The molecule has 0 amide bonds. The van der Waals surface area contributed by atoms with Gasteiger partial charge in [-0.05, 0) is 95.5 Å². The predicted molar refractivity (Wildman–Crippen MR) is 356 cm³/mol. The van der Waals surface area contributed by atoms with E-state index in [9.17, 15) is 0 Å². The van der Waals surface area contributed by atoms with Crippen molar-refractivity contribution in [2.24, 2.45) is 11.8 Å². The summed E-state index contributed by atoms with van der Waals surface area (Å²) >= 11 is 0. The summed E-state index contributed by atoms with van der Waals surface area (Å²) in [6.07, 6.45) is 32.8. The Bertz CT molecular complexity index is 1360. The minimum atomic E-state index is 0. The molecule has 0 bridgehead atoms. The highest BCUT2D eigenvalue weighted by Gasteiger charge is 2.17. The van der Waals surface area contributed by atoms with Crippen LogP contribution in [0.15, 0.2) is 134 Å². The van der Waals surface area contributed by atoms with E-state index in [0.717, 1.165) is 23.8 Å². The second kappa shape index (κ2) is 72.5. The van der Waals surface area contributed by atoms with E-state index in [2.05, 4.69) is 105 Å². The van der Waals surface area contributed by atoms with Crippen molar-refractivity contribution >= 4 is 5.57 Å². The zero-order valence-electron chi connectivity index (χ0n) is 46.7. The number of likely N-dealkylation sites (N-methyl/N-ethyl adjacent to an activating group) is 2. The number of benzene rings is 3. The van der Waals surface area contributed by atoms with Crippen molar-refractivity contribution in [1.82, 2.24) is 19.7 Å². The fourth-order valence-corrected chi connectivity index (χ4v) is 6.73. The van der Waals surface area contributed by atoms with Crippen LogP contribution in [0.25, 0.3) is 5.57 Å². The zero-order chi connectivity index (χ0) is 50.6. The Morgan fingerprint density at radius 3 is 0.853 bits per heavy atom. The normalized spacial score (nSPS) is 15.1. The smallest absolute Gasteiger partial charge is 0.0267 e. The summed E-state index contributed by atoms with van der Waals surface area (Å²) in [5.41, 5.74) is 3.75. The van der Waals surface area contributed by atoms with Crippen molar-refractivity contribution in [2.45, 2.75) is 236 Å². The van der Waals surface area contributed by atoms with Gasteiger partial charge < -0.3 is 14.7 Å². The standard InChI is InChI=1S/C9H10.C8H10.C6H14N2.C6H13N.C6H12.C6H6.C5H5N.2C5H10.C4H8.2C2H6.7CH4/c1-8(2)9-6-4-3-5-7-9;1-2-8-6-4-3-5-7-8;1-7-3-5-8(2)6-4-7;1-7-5-3-2-4-6-7;3*1-2-4-6-5-3-1;1-2-5-3-4-5;1-2-4-5-3-1;1-4-2-3-4;2*1-2;;;;;;;/h3-7H,1H2,2H3;3-7H,2H2,1H3;3-6H2,1-2H3;2-6H2,1H3;1-6H2;1-6H;1-5H;5H,2-4H2,1H3;1-5H2;4H,2-3H2,1H3;2*1-2H3;7*1H4. The molecule has 0 spiro atoms. The van der Waals surface area contributed by atoms with E-state index in [-0.39, 0.29) is 52.0 Å². The molecule has 3 aromatic carbocycles. The van der Waals surface area contributed by atoms with Crippen molar-refractivity contribution in [1.29, 1.82) is 0 Å². The Hall–Kier alpha value is -3.57. The first kappa shape index (κ1) is 90.9. The number of aromatic nitrogens is 1. The topological polar surface area (TPSA) is 22.6 Å². The zero-order valence-corrected chi connectivity index (χ0v) is 46.7. The number of hydrogen-bond donors (Lipinski definition) is 0. The van der Waals surface area contributed by atoms with Gasteiger partial charge in [-0.25, -0.2) is 0 Å². The molecule has 4 heteroatoms. The molecule has 4 aromatic rings. The Morgan fingerprint density at radius 2 is 0.693 bits per heavy atom. The molecule has 0 radical (unpaired) electrons. The fraction of sp³-hybridized carbons (Fsp3) is 0.648. The third-order valence-electron chi connectivity index (χ3n) is 11.9. The molecular weight excluding hydrogens is 909 g/mol. The molecule has 6 fully saturated rings. The van der Waals surface area contributed by atoms with E-state index < -0.39 is 0 Å². The maximum Gasteiger partial charge on any atom is 0.0267 e. The molecule has 0 N–H and O–H groups in total. The van der Waals surface area contributed by atoms with Crippen molar-refractivity contribution in [3.8, 4) is 0 Å². The molecule has 0 atom stereocenters. The summed E-state index contributed by atoms with van der Waals surface area (Å²) in [5, 5.41) is 0. The van der Waals surface area contributed by atoms with Gasteiger partial charge in [-0.2, -0.15) is 0 Å². The van der Waals surface area contributed by atoms with Crippen LogP contribution in [0.4, 0.5) is 0 Å². The lowest BCUT2D eigenvalue weighted by atomic mass is 10.0. The number of rotatable bonds is 3. The third kappa shape index (κ3) is 72.5. The Labute approximate surface area is 476 Å². The van der Waals surface area contributed by atoms with E-state index in [4.69, 9.17) is 0 Å². The lowest BCUT2D eigenvalue weighted by Crippen LogP contribution is -2.42. The third-order valence-corrected chi connectivity index (χ3v) is 11.9. The molecular formula is C71H138N4. The van der Waals surface area contributed by atoms with Gasteiger partial charge in [0, 0.05) is 38.6 Å². The minimum Gasteiger partial charge on any atom is -0.306 e.